The molecule has 4 rings (SSSR count). The first-order chi connectivity index (χ1) is 14.0. The number of benzene rings is 1. The van der Waals surface area contributed by atoms with Crippen LogP contribution in [0.2, 0.25) is 0 Å². The van der Waals surface area contributed by atoms with Gasteiger partial charge in [-0.25, -0.2) is 14.5 Å². The predicted molar refractivity (Wildman–Crippen MR) is 98.6 cm³/mol. The first-order valence-electron chi connectivity index (χ1n) is 8.68. The minimum absolute atomic E-state index is 0.0295. The summed E-state index contributed by atoms with van der Waals surface area (Å²) in [5.41, 5.74) is 1.66. The maximum Gasteiger partial charge on any atom is 0.341 e. The number of non-ortho nitro benzene ring substituents is 1. The highest BCUT2D eigenvalue weighted by molar-refractivity contribution is 5.90. The Morgan fingerprint density at radius 1 is 1.38 bits per heavy atom. The Balaban J connectivity index is 1.56. The van der Waals surface area contributed by atoms with Crippen molar-refractivity contribution in [3.63, 3.8) is 0 Å². The van der Waals surface area contributed by atoms with Crippen molar-refractivity contribution in [1.29, 1.82) is 0 Å². The fourth-order valence-corrected chi connectivity index (χ4v) is 3.03. The third-order valence-electron chi connectivity index (χ3n) is 4.44. The SMILES string of the molecule is Cc1c(C(=O)OCc2cc([N+](=O)[O-])cc3c2OCOC3)cnn1-c1ccccn1. The number of nitro benzene ring substituents is 1. The summed E-state index contributed by atoms with van der Waals surface area (Å²) in [5.74, 6) is 0.415. The number of aromatic nitrogens is 3. The van der Waals surface area contributed by atoms with Crippen molar-refractivity contribution in [2.24, 2.45) is 0 Å². The second-order valence-electron chi connectivity index (χ2n) is 6.28. The van der Waals surface area contributed by atoms with Gasteiger partial charge in [0.1, 0.15) is 17.9 Å². The van der Waals surface area contributed by atoms with Gasteiger partial charge in [0.15, 0.2) is 12.6 Å². The third kappa shape index (κ3) is 3.65. The monoisotopic (exact) mass is 396 g/mol. The topological polar surface area (TPSA) is 119 Å². The second-order valence-corrected chi connectivity index (χ2v) is 6.28. The number of carbonyl (C=O) groups excluding carboxylic acids is 1. The van der Waals surface area contributed by atoms with Gasteiger partial charge >= 0.3 is 5.97 Å². The van der Waals surface area contributed by atoms with Crippen molar-refractivity contribution in [2.45, 2.75) is 20.1 Å². The summed E-state index contributed by atoms with van der Waals surface area (Å²) in [6.45, 7) is 1.76. The molecule has 2 aromatic heterocycles. The number of hydrogen-bond acceptors (Lipinski definition) is 8. The number of ether oxygens (including phenoxy) is 3. The summed E-state index contributed by atoms with van der Waals surface area (Å²) in [7, 11) is 0. The Morgan fingerprint density at radius 3 is 3.00 bits per heavy atom. The lowest BCUT2D eigenvalue weighted by molar-refractivity contribution is -0.385. The van der Waals surface area contributed by atoms with Gasteiger partial charge in [-0.3, -0.25) is 10.1 Å². The van der Waals surface area contributed by atoms with Crippen LogP contribution in [0.4, 0.5) is 5.69 Å². The van der Waals surface area contributed by atoms with Gasteiger partial charge in [-0.15, -0.1) is 0 Å². The Hall–Kier alpha value is -3.79. The van der Waals surface area contributed by atoms with Gasteiger partial charge in [0.05, 0.1) is 23.4 Å². The molecular formula is C19H16N4O6. The largest absolute Gasteiger partial charge is 0.467 e. The lowest BCUT2D eigenvalue weighted by atomic mass is 10.1. The molecule has 10 heteroatoms. The highest BCUT2D eigenvalue weighted by Gasteiger charge is 2.23. The summed E-state index contributed by atoms with van der Waals surface area (Å²) in [5, 5.41) is 15.4. The van der Waals surface area contributed by atoms with Crippen LogP contribution in [0, 0.1) is 17.0 Å². The molecule has 1 aromatic carbocycles. The number of nitrogens with zero attached hydrogens (tertiary/aromatic N) is 4. The van der Waals surface area contributed by atoms with Crippen molar-refractivity contribution in [2.75, 3.05) is 6.79 Å². The van der Waals surface area contributed by atoms with Crippen molar-refractivity contribution in [1.82, 2.24) is 14.8 Å². The van der Waals surface area contributed by atoms with Crippen molar-refractivity contribution < 1.29 is 23.9 Å². The zero-order valence-electron chi connectivity index (χ0n) is 15.4. The molecule has 1 aliphatic heterocycles. The van der Waals surface area contributed by atoms with Crippen molar-refractivity contribution >= 4 is 11.7 Å². The lowest BCUT2D eigenvalue weighted by Crippen LogP contribution is -2.15. The van der Waals surface area contributed by atoms with Crippen LogP contribution in [0.3, 0.4) is 0 Å². The molecule has 10 nitrogen and oxygen atoms in total. The number of rotatable bonds is 5. The van der Waals surface area contributed by atoms with Gasteiger partial charge in [0.2, 0.25) is 0 Å². The van der Waals surface area contributed by atoms with Crippen LogP contribution in [-0.2, 0) is 22.7 Å². The van der Waals surface area contributed by atoms with E-state index in [9.17, 15) is 14.9 Å². The molecule has 0 bridgehead atoms. The Kier molecular flexibility index (Phi) is 4.92. The number of carbonyl (C=O) groups is 1. The molecule has 3 aromatic rings. The van der Waals surface area contributed by atoms with Crippen LogP contribution in [-0.4, -0.2) is 32.5 Å². The molecule has 148 valence electrons. The van der Waals surface area contributed by atoms with E-state index in [0.717, 1.165) is 0 Å². The lowest BCUT2D eigenvalue weighted by Gasteiger charge is -2.20. The minimum Gasteiger partial charge on any atom is -0.467 e. The fourth-order valence-electron chi connectivity index (χ4n) is 3.03. The van der Waals surface area contributed by atoms with Crippen LogP contribution in [0.15, 0.2) is 42.7 Å². The number of nitro groups is 1. The first-order valence-corrected chi connectivity index (χ1v) is 8.68. The molecule has 29 heavy (non-hydrogen) atoms. The summed E-state index contributed by atoms with van der Waals surface area (Å²) in [6, 6.07) is 8.09. The molecule has 0 amide bonds. The normalized spacial score (nSPS) is 12.7. The molecule has 3 heterocycles. The predicted octanol–water partition coefficient (Wildman–Crippen LogP) is 2.71. The Labute approximate surface area is 164 Å². The third-order valence-corrected chi connectivity index (χ3v) is 4.44. The van der Waals surface area contributed by atoms with E-state index in [1.807, 2.05) is 6.07 Å². The number of hydrogen-bond donors (Lipinski definition) is 0. The van der Waals surface area contributed by atoms with Gasteiger partial charge in [-0.05, 0) is 19.1 Å². The van der Waals surface area contributed by atoms with E-state index in [0.29, 0.717) is 28.4 Å². The summed E-state index contributed by atoms with van der Waals surface area (Å²) in [4.78, 5) is 27.4. The first kappa shape index (κ1) is 18.6. The van der Waals surface area contributed by atoms with Gasteiger partial charge < -0.3 is 14.2 Å². The van der Waals surface area contributed by atoms with Crippen LogP contribution in [0.25, 0.3) is 5.82 Å². The van der Waals surface area contributed by atoms with Crippen molar-refractivity contribution in [3.05, 3.63) is 75.2 Å². The Morgan fingerprint density at radius 2 is 2.24 bits per heavy atom. The minimum atomic E-state index is -0.600. The maximum absolute atomic E-state index is 12.6. The smallest absolute Gasteiger partial charge is 0.341 e. The second kappa shape index (κ2) is 7.68. The Bertz CT molecular complexity index is 1080. The van der Waals surface area contributed by atoms with Crippen molar-refractivity contribution in [3.8, 4) is 11.6 Å². The molecule has 0 aliphatic carbocycles. The van der Waals surface area contributed by atoms with E-state index in [4.69, 9.17) is 14.2 Å². The number of esters is 1. The summed E-state index contributed by atoms with van der Waals surface area (Å²) < 4.78 is 17.5. The molecule has 0 saturated heterocycles. The quantitative estimate of drug-likeness (QED) is 0.367. The van der Waals surface area contributed by atoms with Gasteiger partial charge in [0, 0.05) is 29.5 Å². The van der Waals surface area contributed by atoms with Gasteiger partial charge in [-0.1, -0.05) is 6.07 Å². The van der Waals surface area contributed by atoms with Gasteiger partial charge in [0.25, 0.3) is 5.69 Å². The van der Waals surface area contributed by atoms with E-state index in [-0.39, 0.29) is 31.3 Å². The van der Waals surface area contributed by atoms with E-state index in [2.05, 4.69) is 10.1 Å². The zero-order valence-corrected chi connectivity index (χ0v) is 15.4. The van der Waals surface area contributed by atoms with Crippen LogP contribution in [0.1, 0.15) is 27.2 Å². The molecule has 0 radical (unpaired) electrons. The fraction of sp³-hybridized carbons (Fsp3) is 0.211. The van der Waals surface area contributed by atoms with Crippen LogP contribution >= 0.6 is 0 Å². The highest BCUT2D eigenvalue weighted by atomic mass is 16.7. The molecule has 1 aliphatic rings. The molecule has 0 saturated carbocycles. The average Bonchev–Trinajstić information content (AvgIpc) is 3.13. The molecular weight excluding hydrogens is 380 g/mol. The summed E-state index contributed by atoms with van der Waals surface area (Å²) in [6.07, 6.45) is 3.03. The van der Waals surface area contributed by atoms with Gasteiger partial charge in [-0.2, -0.15) is 5.10 Å². The number of pyridine rings is 1. The van der Waals surface area contributed by atoms with Crippen LogP contribution < -0.4 is 4.74 Å². The average molecular weight is 396 g/mol. The molecule has 0 spiro atoms. The molecule has 0 fully saturated rings. The summed E-state index contributed by atoms with van der Waals surface area (Å²) >= 11 is 0. The van der Waals surface area contributed by atoms with E-state index >= 15 is 0 Å². The van der Waals surface area contributed by atoms with E-state index < -0.39 is 10.9 Å². The van der Waals surface area contributed by atoms with Crippen LogP contribution in [0.5, 0.6) is 5.75 Å². The molecule has 0 N–H and O–H groups in total. The van der Waals surface area contributed by atoms with E-state index in [1.54, 1.807) is 25.3 Å². The van der Waals surface area contributed by atoms with E-state index in [1.165, 1.54) is 23.0 Å². The highest BCUT2D eigenvalue weighted by Crippen LogP contribution is 2.33. The molecule has 0 unspecified atom stereocenters. The zero-order chi connectivity index (χ0) is 20.4. The molecule has 0 atom stereocenters. The maximum atomic E-state index is 12.6. The standard InChI is InChI=1S/C19H16N4O6/c1-12-16(8-21-22(12)17-4-2-3-5-20-17)19(24)28-10-14-7-15(23(25)26)6-13-9-27-11-29-18(13)14/h2-8H,9-11H2,1H3. The number of fused-ring (bicyclic) bond motifs is 1.